The second-order valence-electron chi connectivity index (χ2n) is 9.56. The summed E-state index contributed by atoms with van der Waals surface area (Å²) in [6.07, 6.45) is 1.12. The molecule has 0 atom stereocenters. The lowest BCUT2D eigenvalue weighted by molar-refractivity contribution is 0.0682. The Kier molecular flexibility index (Phi) is 12.0. The SMILES string of the molecule is CO[Si](C)(CCCNC(=O)c1cc2cc(C(=O)O)c(C(=O)NCCC[Si](C)(OC)OC)cc2cc1C(=O)O)OC. The van der Waals surface area contributed by atoms with Crippen molar-refractivity contribution in [2.45, 2.75) is 38.0 Å². The zero-order valence-electron chi connectivity index (χ0n) is 23.7. The molecule has 0 fully saturated rings. The summed E-state index contributed by atoms with van der Waals surface area (Å²) in [6, 6.07) is 6.43. The number of carbonyl (C=O) groups is 4. The van der Waals surface area contributed by atoms with E-state index >= 15 is 0 Å². The van der Waals surface area contributed by atoms with Gasteiger partial charge in [0.25, 0.3) is 11.8 Å². The van der Waals surface area contributed by atoms with Gasteiger partial charge in [-0.3, -0.25) is 9.59 Å². The van der Waals surface area contributed by atoms with E-state index in [0.29, 0.717) is 35.7 Å². The highest BCUT2D eigenvalue weighted by molar-refractivity contribution is 6.66. The van der Waals surface area contributed by atoms with Gasteiger partial charge in [0, 0.05) is 41.5 Å². The number of nitrogens with one attached hydrogen (secondary N) is 2. The van der Waals surface area contributed by atoms with E-state index in [-0.39, 0.29) is 35.3 Å². The summed E-state index contributed by atoms with van der Waals surface area (Å²) in [5.41, 5.74) is -0.766. The van der Waals surface area contributed by atoms with Crippen LogP contribution in [-0.4, -0.2) is 92.6 Å². The molecule has 2 amide bonds. The first-order chi connectivity index (χ1) is 18.8. The summed E-state index contributed by atoms with van der Waals surface area (Å²) in [7, 11) is 1.67. The molecule has 0 heterocycles. The van der Waals surface area contributed by atoms with Crippen molar-refractivity contribution in [1.29, 1.82) is 0 Å². The molecule has 14 heteroatoms. The van der Waals surface area contributed by atoms with Crippen molar-refractivity contribution in [2.75, 3.05) is 41.5 Å². The molecule has 0 saturated heterocycles. The van der Waals surface area contributed by atoms with Crippen LogP contribution < -0.4 is 10.6 Å². The molecule has 0 aliphatic carbocycles. The third-order valence-electron chi connectivity index (χ3n) is 6.98. The van der Waals surface area contributed by atoms with Crippen molar-refractivity contribution in [3.05, 3.63) is 46.5 Å². The van der Waals surface area contributed by atoms with Gasteiger partial charge in [-0.2, -0.15) is 0 Å². The summed E-state index contributed by atoms with van der Waals surface area (Å²) in [4.78, 5) is 49.8. The minimum Gasteiger partial charge on any atom is -0.478 e. The monoisotopic (exact) mass is 594 g/mol. The highest BCUT2D eigenvalue weighted by Crippen LogP contribution is 2.25. The summed E-state index contributed by atoms with van der Waals surface area (Å²) in [6.45, 7) is 4.33. The Bertz CT molecular complexity index is 1150. The number of hydrogen-bond donors (Lipinski definition) is 4. The van der Waals surface area contributed by atoms with Gasteiger partial charge in [-0.15, -0.1) is 0 Å². The molecular weight excluding hydrogens is 556 g/mol. The van der Waals surface area contributed by atoms with Gasteiger partial charge in [0.05, 0.1) is 22.3 Å². The number of carboxylic acids is 2. The molecule has 2 aromatic carbocycles. The first-order valence-electron chi connectivity index (χ1n) is 12.7. The Morgan fingerprint density at radius 1 is 0.625 bits per heavy atom. The zero-order chi connectivity index (χ0) is 30.1. The van der Waals surface area contributed by atoms with Gasteiger partial charge in [0.15, 0.2) is 0 Å². The number of hydrogen-bond acceptors (Lipinski definition) is 8. The van der Waals surface area contributed by atoms with Crippen molar-refractivity contribution in [3.63, 3.8) is 0 Å². The molecule has 0 saturated carbocycles. The fourth-order valence-electron chi connectivity index (χ4n) is 4.07. The van der Waals surface area contributed by atoms with Gasteiger partial charge in [-0.05, 0) is 73.1 Å². The summed E-state index contributed by atoms with van der Waals surface area (Å²) in [5.74, 6) is -3.89. The number of carbonyl (C=O) groups excluding carboxylic acids is 2. The van der Waals surface area contributed by atoms with Crippen LogP contribution in [0.1, 0.15) is 54.3 Å². The maximum Gasteiger partial charge on any atom is 0.336 e. The molecule has 4 N–H and O–H groups in total. The van der Waals surface area contributed by atoms with Crippen molar-refractivity contribution in [3.8, 4) is 0 Å². The third kappa shape index (κ3) is 8.43. The van der Waals surface area contributed by atoms with E-state index in [4.69, 9.17) is 17.7 Å². The molecule has 0 aromatic heterocycles. The number of fused-ring (bicyclic) bond motifs is 1. The summed E-state index contributed by atoms with van der Waals surface area (Å²) < 4.78 is 21.7. The average molecular weight is 595 g/mol. The first kappa shape index (κ1) is 33.1. The van der Waals surface area contributed by atoms with E-state index < -0.39 is 40.9 Å². The van der Waals surface area contributed by atoms with E-state index in [1.165, 1.54) is 24.3 Å². The molecule has 0 aliphatic heterocycles. The van der Waals surface area contributed by atoms with Crippen LogP contribution >= 0.6 is 0 Å². The van der Waals surface area contributed by atoms with Crippen molar-refractivity contribution >= 4 is 51.6 Å². The molecule has 220 valence electrons. The molecule has 0 spiro atoms. The molecule has 40 heavy (non-hydrogen) atoms. The Morgan fingerprint density at radius 3 is 1.20 bits per heavy atom. The normalized spacial score (nSPS) is 11.8. The molecule has 0 unspecified atom stereocenters. The Balaban J connectivity index is 2.30. The number of rotatable bonds is 16. The number of amides is 2. The first-order valence-corrected chi connectivity index (χ1v) is 17.7. The number of benzene rings is 2. The molecular formula is C26H38N2O10Si2. The average Bonchev–Trinajstić information content (AvgIpc) is 2.95. The highest BCUT2D eigenvalue weighted by atomic mass is 28.4. The largest absolute Gasteiger partial charge is 0.478 e. The summed E-state index contributed by atoms with van der Waals surface area (Å²) >= 11 is 0. The standard InChI is InChI=1S/C26H38N2O10Si2/c1-35-39(5,36-2)11-7-9-27-23(29)19-13-17-16-22(26(33)34)20(14-18(17)15-21(19)25(31)32)24(30)28-10-8-12-40(6,37-3)38-4/h13-16H,7-12H2,1-6H3,(H,27,29)(H,28,30)(H,31,32)(H,33,34). The van der Waals surface area contributed by atoms with E-state index in [0.717, 1.165) is 0 Å². The van der Waals surface area contributed by atoms with Crippen LogP contribution in [0.25, 0.3) is 10.8 Å². The number of carboxylic acid groups (broad SMARTS) is 2. The van der Waals surface area contributed by atoms with Crippen LogP contribution in [0.15, 0.2) is 24.3 Å². The fraction of sp³-hybridized carbons (Fsp3) is 0.462. The maximum absolute atomic E-state index is 12.9. The lowest BCUT2D eigenvalue weighted by atomic mass is 9.95. The Hall–Kier alpha value is -3.15. The topological polar surface area (TPSA) is 170 Å². The van der Waals surface area contributed by atoms with E-state index in [9.17, 15) is 29.4 Å². The van der Waals surface area contributed by atoms with Crippen LogP contribution in [0, 0.1) is 0 Å². The van der Waals surface area contributed by atoms with E-state index in [1.807, 2.05) is 13.1 Å². The second kappa shape index (κ2) is 14.5. The third-order valence-corrected chi connectivity index (χ3v) is 13.0. The van der Waals surface area contributed by atoms with Gasteiger partial charge in [-0.1, -0.05) is 0 Å². The van der Waals surface area contributed by atoms with Crippen LogP contribution in [0.4, 0.5) is 0 Å². The van der Waals surface area contributed by atoms with Crippen molar-refractivity contribution < 1.29 is 47.1 Å². The van der Waals surface area contributed by atoms with Gasteiger partial charge >= 0.3 is 29.1 Å². The van der Waals surface area contributed by atoms with Crippen LogP contribution in [0.3, 0.4) is 0 Å². The Labute approximate surface area is 235 Å². The Morgan fingerprint density at radius 2 is 0.925 bits per heavy atom. The lowest BCUT2D eigenvalue weighted by Crippen LogP contribution is -2.37. The minimum atomic E-state index is -2.31. The predicted molar refractivity (Wildman–Crippen MR) is 153 cm³/mol. The van der Waals surface area contributed by atoms with Gasteiger partial charge in [-0.25, -0.2) is 9.59 Å². The fourth-order valence-corrected chi connectivity index (χ4v) is 6.86. The minimum absolute atomic E-state index is 0.115. The molecule has 2 aromatic rings. The smallest absolute Gasteiger partial charge is 0.336 e. The van der Waals surface area contributed by atoms with Crippen LogP contribution in [0.2, 0.25) is 25.2 Å². The predicted octanol–water partition coefficient (Wildman–Crippen LogP) is 3.21. The summed E-state index contributed by atoms with van der Waals surface area (Å²) in [5, 5.41) is 25.6. The maximum atomic E-state index is 12.9. The van der Waals surface area contributed by atoms with Crippen molar-refractivity contribution in [1.82, 2.24) is 10.6 Å². The van der Waals surface area contributed by atoms with Crippen LogP contribution in [0.5, 0.6) is 0 Å². The molecule has 0 bridgehead atoms. The van der Waals surface area contributed by atoms with E-state index in [2.05, 4.69) is 10.6 Å². The van der Waals surface area contributed by atoms with Gasteiger partial charge in [0.1, 0.15) is 0 Å². The van der Waals surface area contributed by atoms with Crippen LogP contribution in [-0.2, 0) is 17.7 Å². The van der Waals surface area contributed by atoms with E-state index in [1.54, 1.807) is 28.4 Å². The molecule has 0 aliphatic rings. The molecule has 2 rings (SSSR count). The number of aromatic carboxylic acids is 2. The quantitative estimate of drug-likeness (QED) is 0.167. The van der Waals surface area contributed by atoms with Gasteiger partial charge < -0.3 is 38.6 Å². The molecule has 12 nitrogen and oxygen atoms in total. The van der Waals surface area contributed by atoms with Gasteiger partial charge in [0.2, 0.25) is 0 Å². The second-order valence-corrected chi connectivity index (χ2v) is 16.7. The molecule has 0 radical (unpaired) electrons. The highest BCUT2D eigenvalue weighted by Gasteiger charge is 2.29. The van der Waals surface area contributed by atoms with Crippen molar-refractivity contribution in [2.24, 2.45) is 0 Å². The lowest BCUT2D eigenvalue weighted by Gasteiger charge is -2.22. The zero-order valence-corrected chi connectivity index (χ0v) is 25.7.